The van der Waals surface area contributed by atoms with Gasteiger partial charge in [-0.3, -0.25) is 4.79 Å². The molecule has 0 aromatic heterocycles. The van der Waals surface area contributed by atoms with E-state index in [0.717, 1.165) is 29.7 Å². The number of benzene rings is 1. The molecule has 0 spiro atoms. The lowest BCUT2D eigenvalue weighted by atomic mass is 9.99. The van der Waals surface area contributed by atoms with E-state index in [-0.39, 0.29) is 6.04 Å². The van der Waals surface area contributed by atoms with Gasteiger partial charge in [-0.15, -0.1) is 0 Å². The molecule has 2 unspecified atom stereocenters. The van der Waals surface area contributed by atoms with Gasteiger partial charge in [0.25, 0.3) is 5.91 Å². The molecule has 19 heavy (non-hydrogen) atoms. The van der Waals surface area contributed by atoms with E-state index in [9.17, 15) is 4.79 Å². The van der Waals surface area contributed by atoms with Gasteiger partial charge in [0.2, 0.25) is 0 Å². The van der Waals surface area contributed by atoms with Gasteiger partial charge in [-0.1, -0.05) is 19.1 Å². The number of primary amides is 1. The fourth-order valence-electron chi connectivity index (χ4n) is 2.03. The van der Waals surface area contributed by atoms with E-state index in [2.05, 4.69) is 19.1 Å². The summed E-state index contributed by atoms with van der Waals surface area (Å²) in [5, 5.41) is 0. The topological polar surface area (TPSA) is 78.3 Å². The molecular formula is C15H24N2O2. The molecule has 106 valence electrons. The Balaban J connectivity index is 2.94. The Morgan fingerprint density at radius 1 is 1.32 bits per heavy atom. The molecule has 1 amide bonds. The first-order valence-electron chi connectivity index (χ1n) is 6.66. The van der Waals surface area contributed by atoms with Crippen LogP contribution in [-0.4, -0.2) is 18.1 Å². The van der Waals surface area contributed by atoms with Crippen LogP contribution in [0, 0.1) is 13.8 Å². The molecule has 2 atom stereocenters. The maximum Gasteiger partial charge on any atom is 0.258 e. The number of hydrogen-bond acceptors (Lipinski definition) is 3. The predicted molar refractivity (Wildman–Crippen MR) is 77.2 cm³/mol. The van der Waals surface area contributed by atoms with E-state index in [1.807, 2.05) is 13.8 Å². The van der Waals surface area contributed by atoms with Gasteiger partial charge >= 0.3 is 0 Å². The normalized spacial score (nSPS) is 13.9. The van der Waals surface area contributed by atoms with Crippen molar-refractivity contribution in [2.24, 2.45) is 11.5 Å². The number of carbonyl (C=O) groups excluding carboxylic acids is 1. The minimum atomic E-state index is -0.624. The highest BCUT2D eigenvalue weighted by Gasteiger charge is 2.14. The van der Waals surface area contributed by atoms with Crippen LogP contribution in [-0.2, 0) is 11.2 Å². The van der Waals surface area contributed by atoms with Crippen molar-refractivity contribution in [2.45, 2.75) is 52.7 Å². The number of hydrogen-bond donors (Lipinski definition) is 2. The van der Waals surface area contributed by atoms with Crippen molar-refractivity contribution in [3.8, 4) is 5.75 Å². The van der Waals surface area contributed by atoms with Crippen molar-refractivity contribution >= 4 is 5.91 Å². The second-order valence-corrected chi connectivity index (χ2v) is 5.09. The Morgan fingerprint density at radius 3 is 2.26 bits per heavy atom. The van der Waals surface area contributed by atoms with Crippen LogP contribution in [0.1, 0.15) is 37.0 Å². The minimum Gasteiger partial charge on any atom is -0.480 e. The summed E-state index contributed by atoms with van der Waals surface area (Å²) in [6.45, 7) is 7.67. The van der Waals surface area contributed by atoms with Gasteiger partial charge in [-0.25, -0.2) is 0 Å². The smallest absolute Gasteiger partial charge is 0.258 e. The molecule has 0 saturated heterocycles. The highest BCUT2D eigenvalue weighted by Crippen LogP contribution is 2.26. The van der Waals surface area contributed by atoms with Crippen molar-refractivity contribution < 1.29 is 9.53 Å². The van der Waals surface area contributed by atoms with Gasteiger partial charge in [-0.05, 0) is 50.3 Å². The zero-order valence-corrected chi connectivity index (χ0v) is 12.2. The van der Waals surface area contributed by atoms with E-state index in [4.69, 9.17) is 16.2 Å². The molecule has 1 rings (SSSR count). The Hall–Kier alpha value is -1.55. The standard InChI is InChI=1S/C15H24N2O2/c1-5-13(16)8-12-6-9(2)14(10(3)7-12)19-11(4)15(17)18/h6-7,11,13H,5,8,16H2,1-4H3,(H2,17,18). The van der Waals surface area contributed by atoms with Crippen LogP contribution in [0.5, 0.6) is 5.75 Å². The van der Waals surface area contributed by atoms with E-state index < -0.39 is 12.0 Å². The van der Waals surface area contributed by atoms with E-state index >= 15 is 0 Å². The third kappa shape index (κ3) is 4.24. The van der Waals surface area contributed by atoms with Crippen LogP contribution < -0.4 is 16.2 Å². The van der Waals surface area contributed by atoms with Crippen molar-refractivity contribution in [2.75, 3.05) is 0 Å². The van der Waals surface area contributed by atoms with Crippen molar-refractivity contribution in [3.05, 3.63) is 28.8 Å². The molecule has 4 N–H and O–H groups in total. The molecule has 0 bridgehead atoms. The van der Waals surface area contributed by atoms with E-state index in [1.165, 1.54) is 5.56 Å². The van der Waals surface area contributed by atoms with Gasteiger partial charge < -0.3 is 16.2 Å². The average molecular weight is 264 g/mol. The fraction of sp³-hybridized carbons (Fsp3) is 0.533. The molecule has 0 aliphatic heterocycles. The monoisotopic (exact) mass is 264 g/mol. The molecule has 0 fully saturated rings. The second-order valence-electron chi connectivity index (χ2n) is 5.09. The third-order valence-electron chi connectivity index (χ3n) is 3.24. The molecule has 4 heteroatoms. The summed E-state index contributed by atoms with van der Waals surface area (Å²) in [6, 6.07) is 4.30. The lowest BCUT2D eigenvalue weighted by molar-refractivity contribution is -0.124. The summed E-state index contributed by atoms with van der Waals surface area (Å²) in [6.07, 6.45) is 1.18. The van der Waals surface area contributed by atoms with E-state index in [1.54, 1.807) is 6.92 Å². The molecule has 0 aliphatic rings. The molecule has 1 aromatic rings. The Labute approximate surface area is 115 Å². The molecule has 4 nitrogen and oxygen atoms in total. The molecule has 0 saturated carbocycles. The van der Waals surface area contributed by atoms with Crippen molar-refractivity contribution in [3.63, 3.8) is 0 Å². The fourth-order valence-corrected chi connectivity index (χ4v) is 2.03. The minimum absolute atomic E-state index is 0.176. The maximum atomic E-state index is 11.1. The summed E-state index contributed by atoms with van der Waals surface area (Å²) in [7, 11) is 0. The number of nitrogens with two attached hydrogens (primary N) is 2. The first-order valence-corrected chi connectivity index (χ1v) is 6.66. The van der Waals surface area contributed by atoms with Gasteiger partial charge in [0, 0.05) is 6.04 Å². The van der Waals surface area contributed by atoms with E-state index in [0.29, 0.717) is 0 Å². The first-order chi connectivity index (χ1) is 8.85. The maximum absolute atomic E-state index is 11.1. The zero-order valence-electron chi connectivity index (χ0n) is 12.2. The average Bonchev–Trinajstić information content (AvgIpc) is 2.33. The Bertz CT molecular complexity index is 434. The summed E-state index contributed by atoms with van der Waals surface area (Å²) in [5.41, 5.74) is 14.4. The summed E-state index contributed by atoms with van der Waals surface area (Å²) >= 11 is 0. The second kappa shape index (κ2) is 6.57. The largest absolute Gasteiger partial charge is 0.480 e. The lowest BCUT2D eigenvalue weighted by Crippen LogP contribution is -2.31. The third-order valence-corrected chi connectivity index (χ3v) is 3.24. The number of aryl methyl sites for hydroxylation is 2. The quantitative estimate of drug-likeness (QED) is 0.823. The lowest BCUT2D eigenvalue weighted by Gasteiger charge is -2.18. The Morgan fingerprint density at radius 2 is 1.84 bits per heavy atom. The van der Waals surface area contributed by atoms with Gasteiger partial charge in [0.1, 0.15) is 5.75 Å². The molecule has 0 radical (unpaired) electrons. The highest BCUT2D eigenvalue weighted by molar-refractivity contribution is 5.78. The van der Waals surface area contributed by atoms with Crippen LogP contribution in [0.2, 0.25) is 0 Å². The predicted octanol–water partition coefficient (Wildman–Crippen LogP) is 1.84. The molecule has 1 aromatic carbocycles. The number of ether oxygens (including phenoxy) is 1. The zero-order chi connectivity index (χ0) is 14.6. The molecule has 0 aliphatic carbocycles. The molecule has 0 heterocycles. The van der Waals surface area contributed by atoms with Gasteiger partial charge in [-0.2, -0.15) is 0 Å². The van der Waals surface area contributed by atoms with Crippen LogP contribution in [0.3, 0.4) is 0 Å². The van der Waals surface area contributed by atoms with Gasteiger partial charge in [0.15, 0.2) is 6.10 Å². The molecular weight excluding hydrogens is 240 g/mol. The summed E-state index contributed by atoms with van der Waals surface area (Å²) in [4.78, 5) is 11.1. The summed E-state index contributed by atoms with van der Waals surface area (Å²) < 4.78 is 5.62. The van der Waals surface area contributed by atoms with Crippen LogP contribution in [0.15, 0.2) is 12.1 Å². The van der Waals surface area contributed by atoms with Crippen molar-refractivity contribution in [1.29, 1.82) is 0 Å². The SMILES string of the molecule is CCC(N)Cc1cc(C)c(OC(C)C(N)=O)c(C)c1. The number of rotatable bonds is 6. The number of carbonyl (C=O) groups is 1. The van der Waals surface area contributed by atoms with Crippen molar-refractivity contribution in [1.82, 2.24) is 0 Å². The first kappa shape index (κ1) is 15.5. The van der Waals surface area contributed by atoms with Gasteiger partial charge in [0.05, 0.1) is 0 Å². The van der Waals surface area contributed by atoms with Crippen LogP contribution >= 0.6 is 0 Å². The highest BCUT2D eigenvalue weighted by atomic mass is 16.5. The summed E-state index contributed by atoms with van der Waals surface area (Å²) in [5.74, 6) is 0.274. The van der Waals surface area contributed by atoms with Crippen LogP contribution in [0.4, 0.5) is 0 Å². The van der Waals surface area contributed by atoms with Crippen LogP contribution in [0.25, 0.3) is 0 Å². The Kier molecular flexibility index (Phi) is 5.36. The number of amides is 1.